The molecular formula is C20H22F2N8O2S. The van der Waals surface area contributed by atoms with Gasteiger partial charge in [-0.05, 0) is 32.9 Å². The summed E-state index contributed by atoms with van der Waals surface area (Å²) < 4.78 is 54.8. The van der Waals surface area contributed by atoms with Crippen molar-refractivity contribution in [2.45, 2.75) is 31.7 Å². The number of sulfone groups is 1. The molecule has 3 aromatic heterocycles. The normalized spacial score (nSPS) is 12.0. The molecule has 0 saturated heterocycles. The number of nitrogens with one attached hydrogen (secondary N) is 2. The number of benzene rings is 1. The van der Waals surface area contributed by atoms with Crippen LogP contribution in [0.25, 0.3) is 11.0 Å². The lowest BCUT2D eigenvalue weighted by atomic mass is 10.2. The van der Waals surface area contributed by atoms with Crippen LogP contribution in [0.4, 0.5) is 32.1 Å². The Morgan fingerprint density at radius 3 is 2.36 bits per heavy atom. The summed E-state index contributed by atoms with van der Waals surface area (Å²) in [5, 5.41) is 15.0. The summed E-state index contributed by atoms with van der Waals surface area (Å²) in [5.41, 5.74) is 0.789. The van der Waals surface area contributed by atoms with E-state index in [2.05, 4.69) is 30.6 Å². The Morgan fingerprint density at radius 1 is 1.15 bits per heavy atom. The highest BCUT2D eigenvalue weighted by Gasteiger charge is 2.24. The SMILES string of the molecule is Cc1cc(Nc2nc(N(C)c3c(F)cc(S(C)(=O)=O)cc3F)nc3c2cnn3C(C)C)n[nH]1. The third-order valence-corrected chi connectivity index (χ3v) is 6.03. The molecule has 0 aliphatic carbocycles. The Labute approximate surface area is 188 Å². The van der Waals surface area contributed by atoms with Crippen LogP contribution < -0.4 is 10.2 Å². The van der Waals surface area contributed by atoms with Crippen molar-refractivity contribution >= 4 is 44.1 Å². The van der Waals surface area contributed by atoms with Crippen LogP contribution in [0.5, 0.6) is 0 Å². The van der Waals surface area contributed by atoms with Crippen molar-refractivity contribution in [3.8, 4) is 0 Å². The summed E-state index contributed by atoms with van der Waals surface area (Å²) in [7, 11) is -2.40. The number of hydrogen-bond donors (Lipinski definition) is 2. The third-order valence-electron chi connectivity index (χ3n) is 4.94. The summed E-state index contributed by atoms with van der Waals surface area (Å²) in [5.74, 6) is -1.31. The molecule has 2 N–H and O–H groups in total. The highest BCUT2D eigenvalue weighted by molar-refractivity contribution is 7.90. The van der Waals surface area contributed by atoms with Gasteiger partial charge in [-0.25, -0.2) is 21.9 Å². The first-order chi connectivity index (χ1) is 15.5. The van der Waals surface area contributed by atoms with E-state index in [1.165, 1.54) is 7.05 Å². The second-order valence-corrected chi connectivity index (χ2v) is 9.94. The van der Waals surface area contributed by atoms with E-state index in [-0.39, 0.29) is 12.0 Å². The van der Waals surface area contributed by atoms with E-state index in [0.29, 0.717) is 22.7 Å². The van der Waals surface area contributed by atoms with E-state index in [1.807, 2.05) is 20.8 Å². The number of nitrogens with zero attached hydrogens (tertiary/aromatic N) is 6. The smallest absolute Gasteiger partial charge is 0.233 e. The number of aryl methyl sites for hydroxylation is 1. The predicted octanol–water partition coefficient (Wildman–Crippen LogP) is 3.63. The lowest BCUT2D eigenvalue weighted by molar-refractivity contribution is 0.546. The molecule has 0 unspecified atom stereocenters. The lowest BCUT2D eigenvalue weighted by Gasteiger charge is -2.20. The monoisotopic (exact) mass is 476 g/mol. The molecule has 0 atom stereocenters. The Bertz CT molecular complexity index is 1440. The van der Waals surface area contributed by atoms with Crippen LogP contribution in [0, 0.1) is 18.6 Å². The van der Waals surface area contributed by atoms with Crippen LogP contribution in [0.2, 0.25) is 0 Å². The van der Waals surface area contributed by atoms with Crippen molar-refractivity contribution in [1.82, 2.24) is 29.9 Å². The molecule has 3 heterocycles. The fraction of sp³-hybridized carbons (Fsp3) is 0.300. The Hall–Kier alpha value is -3.61. The summed E-state index contributed by atoms with van der Waals surface area (Å²) >= 11 is 0. The number of anilines is 4. The van der Waals surface area contributed by atoms with Gasteiger partial charge in [0.1, 0.15) is 11.5 Å². The zero-order valence-corrected chi connectivity index (χ0v) is 19.4. The largest absolute Gasteiger partial charge is 0.323 e. The van der Waals surface area contributed by atoms with Gasteiger partial charge in [0, 0.05) is 31.1 Å². The minimum atomic E-state index is -3.79. The van der Waals surface area contributed by atoms with Gasteiger partial charge in [-0.2, -0.15) is 20.2 Å². The standard InChI is InChI=1S/C20H22F2N8O2S/c1-10(2)30-19-13(9-23-30)18(24-16-6-11(3)27-28-16)25-20(26-19)29(4)17-14(21)7-12(8-15(17)22)33(5,31)32/h6-10H,1-5H3,(H2,24,25,26,27,28). The van der Waals surface area contributed by atoms with E-state index in [0.717, 1.165) is 29.0 Å². The summed E-state index contributed by atoms with van der Waals surface area (Å²) in [6, 6.07) is 3.27. The van der Waals surface area contributed by atoms with E-state index in [1.54, 1.807) is 16.9 Å². The number of halogens is 2. The topological polar surface area (TPSA) is 122 Å². The molecule has 0 spiro atoms. The van der Waals surface area contributed by atoms with E-state index in [4.69, 9.17) is 0 Å². The number of aromatic nitrogens is 6. The molecule has 1 aromatic carbocycles. The van der Waals surface area contributed by atoms with Crippen LogP contribution in [-0.4, -0.2) is 51.7 Å². The number of aromatic amines is 1. The summed E-state index contributed by atoms with van der Waals surface area (Å²) in [4.78, 5) is 9.60. The van der Waals surface area contributed by atoms with E-state index in [9.17, 15) is 17.2 Å². The molecule has 4 aromatic rings. The Kier molecular flexibility index (Phi) is 5.52. The first kappa shape index (κ1) is 22.6. The first-order valence-corrected chi connectivity index (χ1v) is 11.8. The number of H-pyrrole nitrogens is 1. The molecule has 0 aliphatic rings. The van der Waals surface area contributed by atoms with Gasteiger partial charge < -0.3 is 10.2 Å². The lowest BCUT2D eigenvalue weighted by Crippen LogP contribution is -2.18. The van der Waals surface area contributed by atoms with Gasteiger partial charge in [-0.1, -0.05) is 0 Å². The second-order valence-electron chi connectivity index (χ2n) is 7.92. The number of fused-ring (bicyclic) bond motifs is 1. The van der Waals surface area contributed by atoms with Crippen LogP contribution in [0.3, 0.4) is 0 Å². The average molecular weight is 477 g/mol. The molecule has 10 nitrogen and oxygen atoms in total. The molecule has 174 valence electrons. The molecule has 33 heavy (non-hydrogen) atoms. The van der Waals surface area contributed by atoms with E-state index < -0.39 is 32.1 Å². The van der Waals surface area contributed by atoms with Gasteiger partial charge >= 0.3 is 0 Å². The van der Waals surface area contributed by atoms with Gasteiger partial charge in [0.05, 0.1) is 16.5 Å². The Morgan fingerprint density at radius 2 is 1.82 bits per heavy atom. The third kappa shape index (κ3) is 4.23. The molecule has 4 rings (SSSR count). The maximum Gasteiger partial charge on any atom is 0.233 e. The van der Waals surface area contributed by atoms with Gasteiger partial charge in [-0.15, -0.1) is 0 Å². The zero-order chi connectivity index (χ0) is 24.1. The summed E-state index contributed by atoms with van der Waals surface area (Å²) in [6.07, 6.45) is 2.48. The quantitative estimate of drug-likeness (QED) is 0.433. The van der Waals surface area contributed by atoms with Crippen molar-refractivity contribution in [2.24, 2.45) is 0 Å². The maximum absolute atomic E-state index is 14.8. The maximum atomic E-state index is 14.8. The molecule has 13 heteroatoms. The highest BCUT2D eigenvalue weighted by atomic mass is 32.2. The van der Waals surface area contributed by atoms with Crippen molar-refractivity contribution in [3.63, 3.8) is 0 Å². The molecular weight excluding hydrogens is 454 g/mol. The average Bonchev–Trinajstić information content (AvgIpc) is 3.32. The summed E-state index contributed by atoms with van der Waals surface area (Å²) in [6.45, 7) is 5.69. The van der Waals surface area contributed by atoms with Crippen molar-refractivity contribution in [1.29, 1.82) is 0 Å². The van der Waals surface area contributed by atoms with Crippen LogP contribution in [0.15, 0.2) is 29.3 Å². The molecule has 0 aliphatic heterocycles. The fourth-order valence-electron chi connectivity index (χ4n) is 3.32. The first-order valence-electron chi connectivity index (χ1n) is 9.93. The molecule has 0 saturated carbocycles. The molecule has 0 fully saturated rings. The number of rotatable bonds is 6. The van der Waals surface area contributed by atoms with Gasteiger partial charge in [0.2, 0.25) is 5.95 Å². The number of hydrogen-bond acceptors (Lipinski definition) is 8. The van der Waals surface area contributed by atoms with E-state index >= 15 is 0 Å². The predicted molar refractivity (Wildman–Crippen MR) is 120 cm³/mol. The van der Waals surface area contributed by atoms with Crippen molar-refractivity contribution in [2.75, 3.05) is 23.5 Å². The molecule has 0 bridgehead atoms. The fourth-order valence-corrected chi connectivity index (χ4v) is 3.95. The Balaban J connectivity index is 1.87. The molecule has 0 amide bonds. The minimum Gasteiger partial charge on any atom is -0.323 e. The minimum absolute atomic E-state index is 0.0236. The van der Waals surface area contributed by atoms with Crippen molar-refractivity contribution in [3.05, 3.63) is 41.7 Å². The van der Waals surface area contributed by atoms with Crippen LogP contribution in [-0.2, 0) is 9.84 Å². The molecule has 0 radical (unpaired) electrons. The second kappa shape index (κ2) is 8.06. The van der Waals surface area contributed by atoms with Gasteiger partial charge in [-0.3, -0.25) is 5.10 Å². The van der Waals surface area contributed by atoms with Gasteiger partial charge in [0.25, 0.3) is 0 Å². The van der Waals surface area contributed by atoms with Crippen LogP contribution >= 0.6 is 0 Å². The van der Waals surface area contributed by atoms with Crippen LogP contribution in [0.1, 0.15) is 25.6 Å². The highest BCUT2D eigenvalue weighted by Crippen LogP contribution is 2.33. The zero-order valence-electron chi connectivity index (χ0n) is 18.6. The van der Waals surface area contributed by atoms with Crippen molar-refractivity contribution < 1.29 is 17.2 Å². The van der Waals surface area contributed by atoms with Gasteiger partial charge in [0.15, 0.2) is 32.9 Å².